The van der Waals surface area contributed by atoms with Crippen molar-refractivity contribution in [3.8, 4) is 11.3 Å². The lowest BCUT2D eigenvalue weighted by molar-refractivity contribution is 1.04. The van der Waals surface area contributed by atoms with Crippen molar-refractivity contribution in [2.45, 2.75) is 0 Å². The highest BCUT2D eigenvalue weighted by atomic mass is 35.5. The van der Waals surface area contributed by atoms with Gasteiger partial charge in [-0.25, -0.2) is 0 Å². The van der Waals surface area contributed by atoms with Crippen LogP contribution in [0.2, 0.25) is 10.0 Å². The van der Waals surface area contributed by atoms with Gasteiger partial charge in [-0.3, -0.25) is 0 Å². The molecule has 0 atom stereocenters. The predicted molar refractivity (Wildman–Crippen MR) is 67.0 cm³/mol. The number of rotatable bonds is 2. The lowest BCUT2D eigenvalue weighted by Gasteiger charge is -2.03. The third-order valence-electron chi connectivity index (χ3n) is 2.14. The van der Waals surface area contributed by atoms with Gasteiger partial charge in [-0.1, -0.05) is 29.3 Å². The van der Waals surface area contributed by atoms with Crippen molar-refractivity contribution in [2.75, 3.05) is 12.4 Å². The van der Waals surface area contributed by atoms with Crippen molar-refractivity contribution < 1.29 is 0 Å². The number of hydrogen-bond acceptors (Lipinski definition) is 3. The quantitative estimate of drug-likeness (QED) is 0.891. The SMILES string of the molecule is CNc1ccc(-c2ccc(Cl)c(Cl)c2)nn1. The Labute approximate surface area is 103 Å². The summed E-state index contributed by atoms with van der Waals surface area (Å²) in [5.41, 5.74) is 1.65. The number of nitrogens with one attached hydrogen (secondary N) is 1. The van der Waals surface area contributed by atoms with Gasteiger partial charge in [0, 0.05) is 12.6 Å². The molecule has 0 aliphatic carbocycles. The fourth-order valence-electron chi connectivity index (χ4n) is 1.28. The molecule has 0 saturated heterocycles. The molecule has 0 aliphatic heterocycles. The molecule has 0 unspecified atom stereocenters. The summed E-state index contributed by atoms with van der Waals surface area (Å²) in [5, 5.41) is 12.0. The van der Waals surface area contributed by atoms with Crippen LogP contribution in [0.3, 0.4) is 0 Å². The summed E-state index contributed by atoms with van der Waals surface area (Å²) < 4.78 is 0. The predicted octanol–water partition coefficient (Wildman–Crippen LogP) is 3.49. The maximum absolute atomic E-state index is 5.93. The molecule has 0 spiro atoms. The summed E-state index contributed by atoms with van der Waals surface area (Å²) in [5.74, 6) is 0.726. The summed E-state index contributed by atoms with van der Waals surface area (Å²) in [6.07, 6.45) is 0. The van der Waals surface area contributed by atoms with Gasteiger partial charge >= 0.3 is 0 Å². The second kappa shape index (κ2) is 4.68. The Kier molecular flexibility index (Phi) is 3.27. The van der Waals surface area contributed by atoms with Gasteiger partial charge in [-0.05, 0) is 24.3 Å². The first kappa shape index (κ1) is 11.2. The van der Waals surface area contributed by atoms with E-state index in [-0.39, 0.29) is 0 Å². The van der Waals surface area contributed by atoms with Crippen molar-refractivity contribution in [2.24, 2.45) is 0 Å². The van der Waals surface area contributed by atoms with Crippen LogP contribution in [0.25, 0.3) is 11.3 Å². The van der Waals surface area contributed by atoms with Crippen LogP contribution in [-0.2, 0) is 0 Å². The fraction of sp³-hybridized carbons (Fsp3) is 0.0909. The van der Waals surface area contributed by atoms with E-state index >= 15 is 0 Å². The van der Waals surface area contributed by atoms with Crippen LogP contribution >= 0.6 is 23.2 Å². The van der Waals surface area contributed by atoms with Gasteiger partial charge in [0.1, 0.15) is 5.82 Å². The van der Waals surface area contributed by atoms with Gasteiger partial charge in [0.25, 0.3) is 0 Å². The van der Waals surface area contributed by atoms with Gasteiger partial charge in [0.05, 0.1) is 15.7 Å². The minimum atomic E-state index is 0.513. The molecule has 5 heteroatoms. The van der Waals surface area contributed by atoms with E-state index in [2.05, 4.69) is 15.5 Å². The summed E-state index contributed by atoms with van der Waals surface area (Å²) in [4.78, 5) is 0. The molecule has 82 valence electrons. The first-order valence-corrected chi connectivity index (χ1v) is 5.43. The minimum Gasteiger partial charge on any atom is -0.372 e. The molecule has 3 nitrogen and oxygen atoms in total. The molecule has 1 N–H and O–H groups in total. The zero-order valence-electron chi connectivity index (χ0n) is 8.54. The Morgan fingerprint density at radius 3 is 2.38 bits per heavy atom. The molecule has 2 rings (SSSR count). The smallest absolute Gasteiger partial charge is 0.148 e. The van der Waals surface area contributed by atoms with Crippen molar-refractivity contribution in [1.82, 2.24) is 10.2 Å². The van der Waals surface area contributed by atoms with Crippen LogP contribution in [0.1, 0.15) is 0 Å². The van der Waals surface area contributed by atoms with Gasteiger partial charge in [-0.2, -0.15) is 0 Å². The molecule has 1 aromatic carbocycles. The second-order valence-electron chi connectivity index (χ2n) is 3.18. The van der Waals surface area contributed by atoms with E-state index in [0.29, 0.717) is 10.0 Å². The van der Waals surface area contributed by atoms with Crippen LogP contribution in [0.4, 0.5) is 5.82 Å². The third-order valence-corrected chi connectivity index (χ3v) is 2.88. The van der Waals surface area contributed by atoms with Crippen molar-refractivity contribution in [3.63, 3.8) is 0 Å². The van der Waals surface area contributed by atoms with Crippen molar-refractivity contribution in [3.05, 3.63) is 40.4 Å². The van der Waals surface area contributed by atoms with E-state index in [4.69, 9.17) is 23.2 Å². The van der Waals surface area contributed by atoms with E-state index in [0.717, 1.165) is 17.1 Å². The van der Waals surface area contributed by atoms with E-state index < -0.39 is 0 Å². The lowest BCUT2D eigenvalue weighted by atomic mass is 10.1. The number of hydrogen-bond donors (Lipinski definition) is 1. The Balaban J connectivity index is 2.38. The van der Waals surface area contributed by atoms with Gasteiger partial charge < -0.3 is 5.32 Å². The maximum atomic E-state index is 5.93. The number of anilines is 1. The number of benzene rings is 1. The summed E-state index contributed by atoms with van der Waals surface area (Å²) in [7, 11) is 1.79. The van der Waals surface area contributed by atoms with Gasteiger partial charge in [0.2, 0.25) is 0 Å². The average molecular weight is 254 g/mol. The number of halogens is 2. The monoisotopic (exact) mass is 253 g/mol. The molecule has 0 aliphatic rings. The molecule has 16 heavy (non-hydrogen) atoms. The molecule has 0 fully saturated rings. The lowest BCUT2D eigenvalue weighted by Crippen LogP contribution is -1.95. The summed E-state index contributed by atoms with van der Waals surface area (Å²) >= 11 is 11.8. The van der Waals surface area contributed by atoms with E-state index in [1.165, 1.54) is 0 Å². The Morgan fingerprint density at radius 1 is 1.00 bits per heavy atom. The molecule has 2 aromatic rings. The van der Waals surface area contributed by atoms with Gasteiger partial charge in [0.15, 0.2) is 0 Å². The molecule has 1 aromatic heterocycles. The zero-order valence-corrected chi connectivity index (χ0v) is 10.0. The van der Waals surface area contributed by atoms with Gasteiger partial charge in [-0.15, -0.1) is 10.2 Å². The number of nitrogens with zero attached hydrogens (tertiary/aromatic N) is 2. The third kappa shape index (κ3) is 2.26. The Morgan fingerprint density at radius 2 is 1.81 bits per heavy atom. The Bertz CT molecular complexity index is 497. The highest BCUT2D eigenvalue weighted by Gasteiger charge is 2.03. The van der Waals surface area contributed by atoms with Crippen LogP contribution in [-0.4, -0.2) is 17.2 Å². The molecule has 0 bridgehead atoms. The van der Waals surface area contributed by atoms with E-state index in [1.54, 1.807) is 19.2 Å². The molecule has 1 heterocycles. The Hall–Kier alpha value is -1.32. The van der Waals surface area contributed by atoms with Crippen LogP contribution in [0, 0.1) is 0 Å². The maximum Gasteiger partial charge on any atom is 0.148 e. The van der Waals surface area contributed by atoms with Crippen LogP contribution in [0.15, 0.2) is 30.3 Å². The second-order valence-corrected chi connectivity index (χ2v) is 4.00. The first-order chi connectivity index (χ1) is 7.70. The molecular weight excluding hydrogens is 245 g/mol. The molecule has 0 radical (unpaired) electrons. The van der Waals surface area contributed by atoms with Crippen LogP contribution < -0.4 is 5.32 Å². The fourth-order valence-corrected chi connectivity index (χ4v) is 1.57. The molecule has 0 saturated carbocycles. The highest BCUT2D eigenvalue weighted by molar-refractivity contribution is 6.42. The zero-order chi connectivity index (χ0) is 11.5. The standard InChI is InChI=1S/C11H9Cl2N3/c1-14-11-5-4-10(15-16-11)7-2-3-8(12)9(13)6-7/h2-6H,1H3,(H,14,16). The number of aromatic nitrogens is 2. The average Bonchev–Trinajstić information content (AvgIpc) is 2.33. The van der Waals surface area contributed by atoms with Crippen molar-refractivity contribution in [1.29, 1.82) is 0 Å². The summed E-state index contributed by atoms with van der Waals surface area (Å²) in [6.45, 7) is 0. The van der Waals surface area contributed by atoms with Crippen molar-refractivity contribution >= 4 is 29.0 Å². The largest absolute Gasteiger partial charge is 0.372 e. The van der Waals surface area contributed by atoms with E-state index in [9.17, 15) is 0 Å². The van der Waals surface area contributed by atoms with E-state index in [1.807, 2.05) is 18.2 Å². The first-order valence-electron chi connectivity index (χ1n) is 4.67. The minimum absolute atomic E-state index is 0.513. The molecule has 0 amide bonds. The van der Waals surface area contributed by atoms with Crippen LogP contribution in [0.5, 0.6) is 0 Å². The normalized spacial score (nSPS) is 10.2. The topological polar surface area (TPSA) is 37.8 Å². The molecular formula is C11H9Cl2N3. The summed E-state index contributed by atoms with van der Waals surface area (Å²) in [6, 6.07) is 9.10. The highest BCUT2D eigenvalue weighted by Crippen LogP contribution is 2.27.